The highest BCUT2D eigenvalue weighted by atomic mass is 32.2. The number of hydrogen-bond acceptors (Lipinski definition) is 5. The fraction of sp³-hybridized carbons (Fsp3) is 0.278. The number of carbonyl (C=O) groups excluding carboxylic acids is 1. The van der Waals surface area contributed by atoms with Crippen LogP contribution in [-0.2, 0) is 26.0 Å². The SMILES string of the molecule is CCS(=O)(=O)CCNC(=O)c1ccc(S(=O)(=O)Nc2cccc(C(F)(F)F)c2)cc1. The van der Waals surface area contributed by atoms with Crippen LogP contribution >= 0.6 is 0 Å². The maximum Gasteiger partial charge on any atom is 0.416 e. The predicted molar refractivity (Wildman–Crippen MR) is 105 cm³/mol. The molecule has 2 aromatic carbocycles. The summed E-state index contributed by atoms with van der Waals surface area (Å²) >= 11 is 0. The molecule has 0 aliphatic heterocycles. The number of alkyl halides is 3. The summed E-state index contributed by atoms with van der Waals surface area (Å²) < 4.78 is 88.0. The van der Waals surface area contributed by atoms with E-state index in [1.807, 2.05) is 0 Å². The molecule has 0 aliphatic rings. The van der Waals surface area contributed by atoms with E-state index in [0.717, 1.165) is 24.3 Å². The van der Waals surface area contributed by atoms with Crippen molar-refractivity contribution in [3.8, 4) is 0 Å². The first-order chi connectivity index (χ1) is 13.8. The zero-order valence-electron chi connectivity index (χ0n) is 15.7. The molecule has 2 rings (SSSR count). The quantitative estimate of drug-likeness (QED) is 0.624. The molecule has 0 atom stereocenters. The molecule has 0 fully saturated rings. The van der Waals surface area contributed by atoms with Gasteiger partial charge in [-0.05, 0) is 42.5 Å². The molecule has 0 heterocycles. The molecule has 2 N–H and O–H groups in total. The molecule has 1 amide bonds. The minimum absolute atomic E-state index is 0.0473. The molecule has 12 heteroatoms. The summed E-state index contributed by atoms with van der Waals surface area (Å²) in [6.07, 6.45) is -4.62. The average molecular weight is 464 g/mol. The summed E-state index contributed by atoms with van der Waals surface area (Å²) in [5.74, 6) is -0.854. The van der Waals surface area contributed by atoms with E-state index in [9.17, 15) is 34.8 Å². The van der Waals surface area contributed by atoms with E-state index in [2.05, 4.69) is 10.0 Å². The number of hydrogen-bond donors (Lipinski definition) is 2. The first-order valence-corrected chi connectivity index (χ1v) is 11.9. The van der Waals surface area contributed by atoms with Gasteiger partial charge in [-0.1, -0.05) is 13.0 Å². The lowest BCUT2D eigenvalue weighted by atomic mass is 10.2. The number of anilines is 1. The van der Waals surface area contributed by atoms with E-state index >= 15 is 0 Å². The predicted octanol–water partition coefficient (Wildman–Crippen LogP) is 2.67. The number of benzene rings is 2. The Morgan fingerprint density at radius 1 is 1.00 bits per heavy atom. The van der Waals surface area contributed by atoms with Crippen LogP contribution in [0.5, 0.6) is 0 Å². The zero-order chi connectivity index (χ0) is 22.6. The molecule has 2 aromatic rings. The zero-order valence-corrected chi connectivity index (χ0v) is 17.4. The largest absolute Gasteiger partial charge is 0.416 e. The third-order valence-corrected chi connectivity index (χ3v) is 7.11. The summed E-state index contributed by atoms with van der Waals surface area (Å²) in [6.45, 7) is 1.40. The van der Waals surface area contributed by atoms with Gasteiger partial charge in [-0.3, -0.25) is 9.52 Å². The molecule has 0 aliphatic carbocycles. The van der Waals surface area contributed by atoms with Gasteiger partial charge in [-0.25, -0.2) is 16.8 Å². The van der Waals surface area contributed by atoms with Crippen LogP contribution in [0.15, 0.2) is 53.4 Å². The molecular formula is C18H19F3N2O5S2. The van der Waals surface area contributed by atoms with Gasteiger partial charge in [0.1, 0.15) is 0 Å². The van der Waals surface area contributed by atoms with Gasteiger partial charge in [0.05, 0.1) is 16.2 Å². The standard InChI is InChI=1S/C18H19F3N2O5S2/c1-2-29(25,26)11-10-22-17(24)13-6-8-16(9-7-13)30(27,28)23-15-5-3-4-14(12-15)18(19,20)21/h3-9,12,23H,2,10-11H2,1H3,(H,22,24). The highest BCUT2D eigenvalue weighted by molar-refractivity contribution is 7.92. The number of amides is 1. The number of sulfone groups is 1. The third-order valence-electron chi connectivity index (χ3n) is 4.01. The Morgan fingerprint density at radius 2 is 1.63 bits per heavy atom. The molecule has 0 saturated heterocycles. The highest BCUT2D eigenvalue weighted by Crippen LogP contribution is 2.31. The Labute approximate surface area is 172 Å². The van der Waals surface area contributed by atoms with Crippen LogP contribution in [-0.4, -0.2) is 40.8 Å². The highest BCUT2D eigenvalue weighted by Gasteiger charge is 2.30. The van der Waals surface area contributed by atoms with Crippen molar-refractivity contribution >= 4 is 31.5 Å². The smallest absolute Gasteiger partial charge is 0.351 e. The van der Waals surface area contributed by atoms with Crippen LogP contribution in [0.3, 0.4) is 0 Å². The van der Waals surface area contributed by atoms with Crippen molar-refractivity contribution in [2.45, 2.75) is 18.0 Å². The lowest BCUT2D eigenvalue weighted by molar-refractivity contribution is -0.137. The van der Waals surface area contributed by atoms with Crippen LogP contribution in [0.4, 0.5) is 18.9 Å². The molecule has 30 heavy (non-hydrogen) atoms. The first-order valence-electron chi connectivity index (χ1n) is 8.63. The summed E-state index contributed by atoms with van der Waals surface area (Å²) in [7, 11) is -7.42. The third kappa shape index (κ3) is 6.46. The molecule has 0 spiro atoms. The van der Waals surface area contributed by atoms with Gasteiger partial charge in [-0.15, -0.1) is 0 Å². The minimum Gasteiger partial charge on any atom is -0.351 e. The maximum atomic E-state index is 12.8. The van der Waals surface area contributed by atoms with E-state index in [0.29, 0.717) is 6.07 Å². The average Bonchev–Trinajstić information content (AvgIpc) is 2.67. The number of rotatable bonds is 8. The Morgan fingerprint density at radius 3 is 2.20 bits per heavy atom. The van der Waals surface area contributed by atoms with Gasteiger partial charge in [0, 0.05) is 23.5 Å². The van der Waals surface area contributed by atoms with Crippen LogP contribution in [0.25, 0.3) is 0 Å². The second-order valence-electron chi connectivity index (χ2n) is 6.20. The van der Waals surface area contributed by atoms with Gasteiger partial charge in [0.15, 0.2) is 9.84 Å². The first kappa shape index (κ1) is 23.7. The fourth-order valence-corrected chi connectivity index (χ4v) is 4.08. The number of halogens is 3. The van der Waals surface area contributed by atoms with Crippen LogP contribution in [0.1, 0.15) is 22.8 Å². The van der Waals surface area contributed by atoms with Crippen molar-refractivity contribution < 1.29 is 34.8 Å². The van der Waals surface area contributed by atoms with E-state index < -0.39 is 37.5 Å². The summed E-state index contributed by atoms with van der Waals surface area (Å²) in [5.41, 5.74) is -1.16. The van der Waals surface area contributed by atoms with Crippen molar-refractivity contribution in [1.82, 2.24) is 5.32 Å². The minimum atomic E-state index is -4.62. The Balaban J connectivity index is 2.09. The molecule has 0 radical (unpaired) electrons. The van der Waals surface area contributed by atoms with Gasteiger partial charge in [-0.2, -0.15) is 13.2 Å². The molecular weight excluding hydrogens is 445 g/mol. The van der Waals surface area contributed by atoms with Gasteiger partial charge >= 0.3 is 6.18 Å². The second-order valence-corrected chi connectivity index (χ2v) is 10.4. The molecule has 164 valence electrons. The van der Waals surface area contributed by atoms with Crippen molar-refractivity contribution in [1.29, 1.82) is 0 Å². The summed E-state index contributed by atoms with van der Waals surface area (Å²) in [5, 5.41) is 2.42. The van der Waals surface area contributed by atoms with E-state index in [-0.39, 0.29) is 34.2 Å². The number of carbonyl (C=O) groups is 1. The molecule has 0 aromatic heterocycles. The molecule has 0 saturated carbocycles. The van der Waals surface area contributed by atoms with Crippen LogP contribution in [0, 0.1) is 0 Å². The van der Waals surface area contributed by atoms with Gasteiger partial charge < -0.3 is 5.32 Å². The van der Waals surface area contributed by atoms with Crippen molar-refractivity contribution in [3.63, 3.8) is 0 Å². The molecule has 0 bridgehead atoms. The molecule has 0 unspecified atom stereocenters. The molecule has 7 nitrogen and oxygen atoms in total. The lowest BCUT2D eigenvalue weighted by Gasteiger charge is -2.11. The summed E-state index contributed by atoms with van der Waals surface area (Å²) in [4.78, 5) is 11.8. The van der Waals surface area contributed by atoms with E-state index in [1.54, 1.807) is 0 Å². The van der Waals surface area contributed by atoms with E-state index in [4.69, 9.17) is 0 Å². The van der Waals surface area contributed by atoms with Crippen LogP contribution in [0.2, 0.25) is 0 Å². The monoisotopic (exact) mass is 464 g/mol. The van der Waals surface area contributed by atoms with Gasteiger partial charge in [0.2, 0.25) is 0 Å². The normalized spacial score (nSPS) is 12.4. The lowest BCUT2D eigenvalue weighted by Crippen LogP contribution is -2.29. The van der Waals surface area contributed by atoms with E-state index in [1.165, 1.54) is 25.1 Å². The summed E-state index contributed by atoms with van der Waals surface area (Å²) in [6, 6.07) is 8.41. The van der Waals surface area contributed by atoms with Crippen molar-refractivity contribution in [3.05, 3.63) is 59.7 Å². The Hall–Kier alpha value is -2.60. The topological polar surface area (TPSA) is 109 Å². The van der Waals surface area contributed by atoms with Gasteiger partial charge in [0.25, 0.3) is 15.9 Å². The Bertz CT molecular complexity index is 1110. The van der Waals surface area contributed by atoms with Crippen molar-refractivity contribution in [2.75, 3.05) is 22.8 Å². The second kappa shape index (κ2) is 9.04. The maximum absolute atomic E-state index is 12.8. The van der Waals surface area contributed by atoms with Crippen molar-refractivity contribution in [2.24, 2.45) is 0 Å². The number of nitrogens with one attached hydrogen (secondary N) is 2. The van der Waals surface area contributed by atoms with Crippen LogP contribution < -0.4 is 10.0 Å². The Kier molecular flexibility index (Phi) is 7.14. The number of sulfonamides is 1. The fourth-order valence-electron chi connectivity index (χ4n) is 2.33.